The van der Waals surface area contributed by atoms with Gasteiger partial charge in [-0.2, -0.15) is 22.3 Å². The van der Waals surface area contributed by atoms with Gasteiger partial charge in [0.05, 0.1) is 67.8 Å². The van der Waals surface area contributed by atoms with Crippen LogP contribution in [0.15, 0.2) is 48.5 Å². The van der Waals surface area contributed by atoms with Gasteiger partial charge in [-0.25, -0.2) is 0 Å². The van der Waals surface area contributed by atoms with E-state index in [2.05, 4.69) is 40.7 Å². The van der Waals surface area contributed by atoms with Crippen LogP contribution in [-0.4, -0.2) is 84.1 Å². The summed E-state index contributed by atoms with van der Waals surface area (Å²) < 4.78 is 20.5. The lowest BCUT2D eigenvalue weighted by Crippen LogP contribution is -2.07. The molecule has 0 unspecified atom stereocenters. The highest BCUT2D eigenvalue weighted by atomic mass is 35.5. The number of carbonyl (C=O) groups is 2. The molecule has 0 aromatic heterocycles. The Morgan fingerprint density at radius 2 is 1.07 bits per heavy atom. The molecular weight excluding hydrogens is 832 g/mol. The fourth-order valence-electron chi connectivity index (χ4n) is 2.91. The predicted octanol–water partition coefficient (Wildman–Crippen LogP) is 14.0. The lowest BCUT2D eigenvalue weighted by molar-refractivity contribution is 0.0833. The molecule has 0 bridgehead atoms. The number of benzene rings is 2. The standard InChI is InChI=1S/C12H14Cl2O2S.C12H16O2S.C6H11NO.C6H11NS.C4H10O.C4H10.CH4/c1-8(2)16-5-6-17-12(15)10-4-3-9(13)7-11(10)14;1-10(2)14-8-9-15-12(13)11-6-4-3-5-7-11;2*1-6(2)8-5-3-4-7;1-4(2)5-3;1-4(2)3;/h3-4,7-8H,5-6H2,1-2H3;3-7,10H,8-9H2,1-2H3;2*6H,3,5H2,1-2H3;4H,1-3H3;4H,1-3H3;1H4. The van der Waals surface area contributed by atoms with Crippen LogP contribution in [-0.2, 0) is 18.9 Å². The summed E-state index contributed by atoms with van der Waals surface area (Å²) in [6.07, 6.45) is 2.24. The molecule has 334 valence electrons. The Hall–Kier alpha value is -1.77. The summed E-state index contributed by atoms with van der Waals surface area (Å²) >= 11 is 16.0. The lowest BCUT2D eigenvalue weighted by atomic mass is 10.2. The monoisotopic (exact) mass is 906 g/mol. The third kappa shape index (κ3) is 54.2. The van der Waals surface area contributed by atoms with Crippen LogP contribution in [0.2, 0.25) is 10.0 Å². The quantitative estimate of drug-likeness (QED) is 0.141. The molecule has 13 heteroatoms. The molecule has 0 saturated heterocycles. The third-order valence-electron chi connectivity index (χ3n) is 5.50. The second-order valence-electron chi connectivity index (χ2n) is 13.8. The fourth-order valence-corrected chi connectivity index (χ4v) is 5.50. The molecule has 0 radical (unpaired) electrons. The molecule has 0 fully saturated rings. The Labute approximate surface area is 377 Å². The number of halogens is 2. The van der Waals surface area contributed by atoms with Crippen LogP contribution in [0.25, 0.3) is 0 Å². The summed E-state index contributed by atoms with van der Waals surface area (Å²) in [6, 6.07) is 18.3. The predicted molar refractivity (Wildman–Crippen MR) is 257 cm³/mol. The molecule has 8 nitrogen and oxygen atoms in total. The summed E-state index contributed by atoms with van der Waals surface area (Å²) in [4.78, 5) is 23.4. The van der Waals surface area contributed by atoms with Crippen molar-refractivity contribution < 1.29 is 28.5 Å². The van der Waals surface area contributed by atoms with Gasteiger partial charge in [0.15, 0.2) is 0 Å². The van der Waals surface area contributed by atoms with Crippen molar-refractivity contribution in [1.29, 1.82) is 10.5 Å². The normalized spacial score (nSPS) is 9.93. The van der Waals surface area contributed by atoms with Gasteiger partial charge in [0.1, 0.15) is 0 Å². The smallest absolute Gasteiger partial charge is 0.220 e. The van der Waals surface area contributed by atoms with Crippen LogP contribution in [0, 0.1) is 28.6 Å². The van der Waals surface area contributed by atoms with E-state index in [1.807, 2.05) is 104 Å². The van der Waals surface area contributed by atoms with Gasteiger partial charge in [-0.15, -0.1) is 0 Å². The minimum atomic E-state index is -0.0565. The van der Waals surface area contributed by atoms with Crippen LogP contribution in [0.5, 0.6) is 0 Å². The zero-order valence-electron chi connectivity index (χ0n) is 37.1. The zero-order chi connectivity index (χ0) is 44.6. The van der Waals surface area contributed by atoms with Crippen molar-refractivity contribution in [2.24, 2.45) is 5.92 Å². The van der Waals surface area contributed by atoms with Crippen LogP contribution in [0.1, 0.15) is 131 Å². The van der Waals surface area contributed by atoms with Gasteiger partial charge in [-0.1, -0.05) is 119 Å². The number of hydrogen-bond donors (Lipinski definition) is 0. The van der Waals surface area contributed by atoms with Gasteiger partial charge in [0, 0.05) is 46.9 Å². The number of ether oxygens (including phenoxy) is 4. The highest BCUT2D eigenvalue weighted by Crippen LogP contribution is 2.24. The fraction of sp³-hybridized carbons (Fsp3) is 0.644. The summed E-state index contributed by atoms with van der Waals surface area (Å²) in [7, 11) is 1.70. The van der Waals surface area contributed by atoms with E-state index < -0.39 is 0 Å². The molecule has 0 heterocycles. The number of nitriles is 2. The number of methoxy groups -OCH3 is 1. The van der Waals surface area contributed by atoms with Crippen LogP contribution in [0.3, 0.4) is 0 Å². The summed E-state index contributed by atoms with van der Waals surface area (Å²) in [5, 5.41) is 17.8. The van der Waals surface area contributed by atoms with Gasteiger partial charge in [0.25, 0.3) is 0 Å². The molecule has 0 atom stereocenters. The van der Waals surface area contributed by atoms with E-state index in [4.69, 9.17) is 52.7 Å². The van der Waals surface area contributed by atoms with Crippen molar-refractivity contribution in [3.8, 4) is 12.1 Å². The van der Waals surface area contributed by atoms with Gasteiger partial charge in [-0.3, -0.25) is 9.59 Å². The molecule has 0 N–H and O–H groups in total. The van der Waals surface area contributed by atoms with Crippen molar-refractivity contribution in [3.05, 3.63) is 69.7 Å². The second-order valence-corrected chi connectivity index (χ2v) is 18.4. The first kappa shape index (κ1) is 65.4. The molecule has 0 amide bonds. The van der Waals surface area contributed by atoms with E-state index in [0.29, 0.717) is 71.1 Å². The minimum absolute atomic E-state index is 0. The van der Waals surface area contributed by atoms with Crippen molar-refractivity contribution >= 4 is 68.7 Å². The molecule has 2 rings (SSSR count). The first-order valence-corrected chi connectivity index (χ1v) is 23.1. The average molecular weight is 908 g/mol. The van der Waals surface area contributed by atoms with Crippen LogP contribution < -0.4 is 0 Å². The topological polar surface area (TPSA) is 119 Å². The zero-order valence-corrected chi connectivity index (χ0v) is 41.0. The number of nitrogens with zero attached hydrogens (tertiary/aromatic N) is 2. The van der Waals surface area contributed by atoms with E-state index >= 15 is 0 Å². The second kappa shape index (κ2) is 46.3. The van der Waals surface area contributed by atoms with E-state index in [0.717, 1.165) is 17.2 Å². The number of thioether (sulfide) groups is 3. The Balaban J connectivity index is -0.000000207. The van der Waals surface area contributed by atoms with Gasteiger partial charge in [-0.05, 0) is 84.8 Å². The molecular formula is C45H76Cl2N2O6S3. The minimum Gasteiger partial charge on any atom is -0.382 e. The lowest BCUT2D eigenvalue weighted by Gasteiger charge is -2.07. The Morgan fingerprint density at radius 1 is 0.638 bits per heavy atom. The molecule has 2 aromatic carbocycles. The van der Waals surface area contributed by atoms with Crippen LogP contribution >= 0.6 is 58.5 Å². The maximum Gasteiger partial charge on any atom is 0.220 e. The molecule has 0 saturated carbocycles. The SMILES string of the molecule is C.CC(C)C.CC(C)OCCC#N.CC(C)OCCSC(=O)c1ccc(Cl)cc1Cl.CC(C)OCCSC(=O)c1ccccc1.CC(C)SCCC#N.COC(C)C. The maximum absolute atomic E-state index is 11.8. The van der Waals surface area contributed by atoms with Gasteiger partial charge < -0.3 is 18.9 Å². The first-order valence-electron chi connectivity index (χ1n) is 19.3. The Morgan fingerprint density at radius 3 is 1.45 bits per heavy atom. The van der Waals surface area contributed by atoms with Crippen molar-refractivity contribution in [3.63, 3.8) is 0 Å². The van der Waals surface area contributed by atoms with E-state index in [1.165, 1.54) is 23.5 Å². The van der Waals surface area contributed by atoms with E-state index in [-0.39, 0.29) is 36.0 Å². The molecule has 0 aliphatic rings. The average Bonchev–Trinajstić information content (AvgIpc) is 3.13. The molecule has 0 aliphatic heterocycles. The number of hydrogen-bond acceptors (Lipinski definition) is 11. The largest absolute Gasteiger partial charge is 0.382 e. The highest BCUT2D eigenvalue weighted by Gasteiger charge is 2.11. The van der Waals surface area contributed by atoms with E-state index in [1.54, 1.807) is 25.3 Å². The highest BCUT2D eigenvalue weighted by molar-refractivity contribution is 8.14. The Bertz CT molecular complexity index is 1290. The summed E-state index contributed by atoms with van der Waals surface area (Å²) in [5.74, 6) is 3.15. The molecule has 58 heavy (non-hydrogen) atoms. The van der Waals surface area contributed by atoms with Crippen molar-refractivity contribution in [2.75, 3.05) is 44.2 Å². The van der Waals surface area contributed by atoms with E-state index in [9.17, 15) is 9.59 Å². The van der Waals surface area contributed by atoms with Crippen molar-refractivity contribution in [1.82, 2.24) is 0 Å². The third-order valence-corrected chi connectivity index (χ3v) is 8.87. The summed E-state index contributed by atoms with van der Waals surface area (Å²) in [6.45, 7) is 28.3. The number of rotatable bonds is 17. The Kier molecular flexibility index (Phi) is 52.2. The molecule has 2 aromatic rings. The first-order chi connectivity index (χ1) is 26.7. The number of carbonyl (C=O) groups excluding carboxylic acids is 2. The van der Waals surface area contributed by atoms with Crippen LogP contribution in [0.4, 0.5) is 0 Å². The maximum atomic E-state index is 11.8. The van der Waals surface area contributed by atoms with Crippen molar-refractivity contribution in [2.45, 2.75) is 140 Å². The molecule has 0 spiro atoms. The molecule has 0 aliphatic carbocycles. The van der Waals surface area contributed by atoms with Gasteiger partial charge in [0.2, 0.25) is 10.2 Å². The van der Waals surface area contributed by atoms with Gasteiger partial charge >= 0.3 is 0 Å². The summed E-state index contributed by atoms with van der Waals surface area (Å²) in [5.41, 5.74) is 1.25.